The van der Waals surface area contributed by atoms with Gasteiger partial charge in [0.25, 0.3) is 5.56 Å². The van der Waals surface area contributed by atoms with Crippen molar-refractivity contribution in [2.45, 2.75) is 31.0 Å². The number of methoxy groups -OCH3 is 1. The first kappa shape index (κ1) is 16.4. The van der Waals surface area contributed by atoms with Gasteiger partial charge < -0.3 is 35.1 Å². The highest BCUT2D eigenvalue weighted by Crippen LogP contribution is 2.31. The molecule has 1 fully saturated rings. The zero-order valence-electron chi connectivity index (χ0n) is 11.7. The van der Waals surface area contributed by atoms with Gasteiger partial charge in [-0.05, 0) is 0 Å². The van der Waals surface area contributed by atoms with Gasteiger partial charge >= 0.3 is 5.97 Å². The Morgan fingerprint density at radius 3 is 2.73 bits per heavy atom. The maximum atomic E-state index is 11.9. The zero-order valence-corrected chi connectivity index (χ0v) is 11.7. The Balaban J connectivity index is 2.37. The van der Waals surface area contributed by atoms with E-state index in [0.717, 1.165) is 4.57 Å². The van der Waals surface area contributed by atoms with Gasteiger partial charge in [0.2, 0.25) is 5.95 Å². The quantitative estimate of drug-likeness (QED) is 0.429. The number of carbonyl (C=O) groups excluding carboxylic acids is 1. The van der Waals surface area contributed by atoms with Crippen LogP contribution in [-0.2, 0) is 20.8 Å². The molecule has 1 aliphatic rings. The fourth-order valence-electron chi connectivity index (χ4n) is 2.20. The van der Waals surface area contributed by atoms with Gasteiger partial charge in [-0.2, -0.15) is 4.98 Å². The summed E-state index contributed by atoms with van der Waals surface area (Å²) >= 11 is 0. The van der Waals surface area contributed by atoms with Crippen molar-refractivity contribution in [1.82, 2.24) is 9.55 Å². The number of aliphatic hydroxyl groups excluding tert-OH is 3. The molecular formula is C12H17N3O7. The molecule has 1 aliphatic heterocycles. The highest BCUT2D eigenvalue weighted by Gasteiger charge is 2.44. The molecular weight excluding hydrogens is 298 g/mol. The number of anilines is 1. The van der Waals surface area contributed by atoms with E-state index in [0.29, 0.717) is 0 Å². The number of nitrogen functional groups attached to an aromatic ring is 1. The number of hydrogen-bond acceptors (Lipinski definition) is 9. The van der Waals surface area contributed by atoms with E-state index in [1.807, 2.05) is 0 Å². The van der Waals surface area contributed by atoms with E-state index in [2.05, 4.69) is 9.72 Å². The van der Waals surface area contributed by atoms with Gasteiger partial charge in [-0.3, -0.25) is 9.59 Å². The summed E-state index contributed by atoms with van der Waals surface area (Å²) < 4.78 is 10.9. The SMILES string of the molecule is COC(=O)Cn1cc([C@@H]2O[C@H](CO)C(O)[C@@H]2O)c(=O)nc1N. The molecule has 1 aromatic rings. The van der Waals surface area contributed by atoms with Crippen LogP contribution in [-0.4, -0.2) is 62.9 Å². The van der Waals surface area contributed by atoms with Crippen LogP contribution in [0.3, 0.4) is 0 Å². The second-order valence-electron chi connectivity index (χ2n) is 4.82. The molecule has 22 heavy (non-hydrogen) atoms. The molecule has 0 aliphatic carbocycles. The molecule has 1 saturated heterocycles. The van der Waals surface area contributed by atoms with Crippen molar-refractivity contribution in [3.63, 3.8) is 0 Å². The number of nitrogens with two attached hydrogens (primary N) is 1. The van der Waals surface area contributed by atoms with Crippen molar-refractivity contribution in [3.05, 3.63) is 22.1 Å². The van der Waals surface area contributed by atoms with Crippen LogP contribution in [0, 0.1) is 0 Å². The van der Waals surface area contributed by atoms with Crippen molar-refractivity contribution < 1.29 is 29.6 Å². The Kier molecular flexibility index (Phi) is 4.76. The Morgan fingerprint density at radius 1 is 1.50 bits per heavy atom. The average Bonchev–Trinajstić information content (AvgIpc) is 2.77. The zero-order chi connectivity index (χ0) is 16.4. The Hall–Kier alpha value is -2.01. The van der Waals surface area contributed by atoms with Gasteiger partial charge in [0.1, 0.15) is 31.0 Å². The van der Waals surface area contributed by atoms with E-state index in [4.69, 9.17) is 15.6 Å². The minimum Gasteiger partial charge on any atom is -0.468 e. The summed E-state index contributed by atoms with van der Waals surface area (Å²) in [5.41, 5.74) is 4.72. The van der Waals surface area contributed by atoms with E-state index >= 15 is 0 Å². The lowest BCUT2D eigenvalue weighted by molar-refractivity contribution is -0.141. The van der Waals surface area contributed by atoms with Crippen LogP contribution in [0.1, 0.15) is 11.7 Å². The van der Waals surface area contributed by atoms with Crippen LogP contribution in [0.25, 0.3) is 0 Å². The van der Waals surface area contributed by atoms with Crippen LogP contribution in [0.2, 0.25) is 0 Å². The largest absolute Gasteiger partial charge is 0.468 e. The van der Waals surface area contributed by atoms with Crippen LogP contribution < -0.4 is 11.3 Å². The Morgan fingerprint density at radius 2 is 2.18 bits per heavy atom. The molecule has 0 bridgehead atoms. The molecule has 0 radical (unpaired) electrons. The van der Waals surface area contributed by atoms with Gasteiger partial charge in [-0.25, -0.2) is 0 Å². The van der Waals surface area contributed by atoms with Crippen molar-refractivity contribution in [3.8, 4) is 0 Å². The molecule has 4 atom stereocenters. The predicted molar refractivity (Wildman–Crippen MR) is 71.6 cm³/mol. The standard InChI is InChI=1S/C12H17N3O7/c1-21-7(17)3-15-2-5(11(20)14-12(15)13)10-9(19)8(18)6(4-16)22-10/h2,6,8-10,16,18-19H,3-4H2,1H3,(H2,13,14,20)/t6-,8?,9+,10+/m1/s1. The summed E-state index contributed by atoms with van der Waals surface area (Å²) in [7, 11) is 1.20. The Labute approximate surface area is 124 Å². The molecule has 0 spiro atoms. The van der Waals surface area contributed by atoms with Crippen LogP contribution in [0.5, 0.6) is 0 Å². The number of ether oxygens (including phenoxy) is 2. The normalized spacial score (nSPS) is 27.8. The van der Waals surface area contributed by atoms with Crippen LogP contribution in [0.15, 0.2) is 11.0 Å². The minimum atomic E-state index is -1.41. The van der Waals surface area contributed by atoms with Crippen molar-refractivity contribution in [1.29, 1.82) is 0 Å². The second-order valence-corrected chi connectivity index (χ2v) is 4.82. The highest BCUT2D eigenvalue weighted by molar-refractivity contribution is 5.69. The predicted octanol–water partition coefficient (Wildman–Crippen LogP) is -2.85. The molecule has 10 nitrogen and oxygen atoms in total. The monoisotopic (exact) mass is 315 g/mol. The minimum absolute atomic E-state index is 0.0828. The summed E-state index contributed by atoms with van der Waals surface area (Å²) in [6, 6.07) is 0. The molecule has 0 saturated carbocycles. The first-order valence-corrected chi connectivity index (χ1v) is 6.45. The molecule has 1 unspecified atom stereocenters. The van der Waals surface area contributed by atoms with Crippen molar-refractivity contribution in [2.75, 3.05) is 19.5 Å². The van der Waals surface area contributed by atoms with E-state index < -0.39 is 42.6 Å². The molecule has 1 aromatic heterocycles. The molecule has 2 heterocycles. The van der Waals surface area contributed by atoms with Crippen LogP contribution in [0.4, 0.5) is 5.95 Å². The van der Waals surface area contributed by atoms with Crippen molar-refractivity contribution >= 4 is 11.9 Å². The Bertz CT molecular complexity index is 617. The van der Waals surface area contributed by atoms with E-state index in [1.165, 1.54) is 13.3 Å². The fourth-order valence-corrected chi connectivity index (χ4v) is 2.20. The number of carbonyl (C=O) groups is 1. The lowest BCUT2D eigenvalue weighted by atomic mass is 10.0. The first-order chi connectivity index (χ1) is 10.4. The summed E-state index contributed by atoms with van der Waals surface area (Å²) in [5, 5.41) is 28.7. The molecule has 5 N–H and O–H groups in total. The lowest BCUT2D eigenvalue weighted by Crippen LogP contribution is -2.33. The summed E-state index contributed by atoms with van der Waals surface area (Å²) in [6.45, 7) is -0.801. The van der Waals surface area contributed by atoms with E-state index in [-0.39, 0.29) is 18.1 Å². The lowest BCUT2D eigenvalue weighted by Gasteiger charge is -2.16. The third kappa shape index (κ3) is 2.95. The maximum Gasteiger partial charge on any atom is 0.325 e. The van der Waals surface area contributed by atoms with Crippen LogP contribution >= 0.6 is 0 Å². The average molecular weight is 315 g/mol. The summed E-state index contributed by atoms with van der Waals surface area (Å²) in [4.78, 5) is 26.8. The third-order valence-electron chi connectivity index (χ3n) is 3.43. The first-order valence-electron chi connectivity index (χ1n) is 6.45. The summed E-state index contributed by atoms with van der Waals surface area (Å²) in [6.07, 6.45) is -3.76. The van der Waals surface area contributed by atoms with Gasteiger partial charge in [0.05, 0.1) is 19.3 Å². The van der Waals surface area contributed by atoms with Gasteiger partial charge in [-0.15, -0.1) is 0 Å². The number of esters is 1. The number of aliphatic hydroxyl groups is 3. The smallest absolute Gasteiger partial charge is 0.325 e. The third-order valence-corrected chi connectivity index (χ3v) is 3.43. The topological polar surface area (TPSA) is 157 Å². The number of nitrogens with zero attached hydrogens (tertiary/aromatic N) is 2. The molecule has 0 aromatic carbocycles. The number of aromatic nitrogens is 2. The van der Waals surface area contributed by atoms with Gasteiger partial charge in [0.15, 0.2) is 0 Å². The molecule has 2 rings (SSSR count). The van der Waals surface area contributed by atoms with E-state index in [9.17, 15) is 19.8 Å². The maximum absolute atomic E-state index is 11.9. The van der Waals surface area contributed by atoms with Crippen molar-refractivity contribution in [2.24, 2.45) is 0 Å². The number of hydrogen-bond donors (Lipinski definition) is 4. The second kappa shape index (κ2) is 6.40. The summed E-state index contributed by atoms with van der Waals surface area (Å²) in [5.74, 6) is -0.810. The number of rotatable bonds is 4. The molecule has 10 heteroatoms. The van der Waals surface area contributed by atoms with Gasteiger partial charge in [0, 0.05) is 6.20 Å². The highest BCUT2D eigenvalue weighted by atomic mass is 16.6. The van der Waals surface area contributed by atoms with E-state index in [1.54, 1.807) is 0 Å². The van der Waals surface area contributed by atoms with Gasteiger partial charge in [-0.1, -0.05) is 0 Å². The molecule has 0 amide bonds. The fraction of sp³-hybridized carbons (Fsp3) is 0.583. The molecule has 122 valence electrons.